The maximum atomic E-state index is 10.0. The van der Waals surface area contributed by atoms with Gasteiger partial charge < -0.3 is 25.5 Å². The van der Waals surface area contributed by atoms with Crippen LogP contribution in [0.5, 0.6) is 11.5 Å². The number of rotatable bonds is 6. The summed E-state index contributed by atoms with van der Waals surface area (Å²) < 4.78 is 0. The molecule has 5 nitrogen and oxygen atoms in total. The Morgan fingerprint density at radius 2 is 1.00 bits per heavy atom. The van der Waals surface area contributed by atoms with Crippen molar-refractivity contribution in [3.8, 4) is 11.5 Å². The van der Waals surface area contributed by atoms with E-state index >= 15 is 0 Å². The fourth-order valence-electron chi connectivity index (χ4n) is 2.74. The van der Waals surface area contributed by atoms with Crippen LogP contribution in [0.1, 0.15) is 40.3 Å². The normalized spacial score (nSPS) is 11.0. The number of aryl methyl sites for hydroxylation is 1. The summed E-state index contributed by atoms with van der Waals surface area (Å²) in [6, 6.07) is 6.98. The van der Waals surface area contributed by atoms with Gasteiger partial charge in [-0.05, 0) is 47.7 Å². The first-order valence-corrected chi connectivity index (χ1v) is 7.53. The second-order valence-corrected chi connectivity index (χ2v) is 5.53. The Kier molecular flexibility index (Phi) is 5.60. The van der Waals surface area contributed by atoms with Gasteiger partial charge in [-0.25, -0.2) is 0 Å². The maximum absolute atomic E-state index is 10.0. The van der Waals surface area contributed by atoms with E-state index in [2.05, 4.69) is 0 Å². The zero-order valence-corrected chi connectivity index (χ0v) is 13.1. The number of hydrogen-bond acceptors (Lipinski definition) is 5. The molecule has 0 unspecified atom stereocenters. The highest BCUT2D eigenvalue weighted by molar-refractivity contribution is 5.47. The van der Waals surface area contributed by atoms with Gasteiger partial charge in [-0.3, -0.25) is 0 Å². The highest BCUT2D eigenvalue weighted by Crippen LogP contribution is 2.29. The summed E-state index contributed by atoms with van der Waals surface area (Å²) in [6.45, 7) is 1.05. The standard InChI is InChI=1S/C18H22O5/c1-2-13-4-11(5-14(8-19)17(13)22)3-12-6-15(9-20)18(23)16(7-12)10-21/h4-7,19-23H,2-3,8-10H2,1H3. The van der Waals surface area contributed by atoms with Gasteiger partial charge in [0.15, 0.2) is 0 Å². The lowest BCUT2D eigenvalue weighted by Crippen LogP contribution is -1.99. The smallest absolute Gasteiger partial charge is 0.126 e. The van der Waals surface area contributed by atoms with Crippen molar-refractivity contribution in [2.45, 2.75) is 39.6 Å². The van der Waals surface area contributed by atoms with Gasteiger partial charge in [0.05, 0.1) is 19.8 Å². The number of aliphatic hydroxyl groups excluding tert-OH is 3. The van der Waals surface area contributed by atoms with E-state index in [-0.39, 0.29) is 31.3 Å². The van der Waals surface area contributed by atoms with Gasteiger partial charge in [0.1, 0.15) is 11.5 Å². The lowest BCUT2D eigenvalue weighted by molar-refractivity contribution is 0.263. The van der Waals surface area contributed by atoms with Crippen LogP contribution in [0.4, 0.5) is 0 Å². The van der Waals surface area contributed by atoms with Crippen molar-refractivity contribution >= 4 is 0 Å². The average Bonchev–Trinajstić information content (AvgIpc) is 2.57. The van der Waals surface area contributed by atoms with Gasteiger partial charge in [0.2, 0.25) is 0 Å². The molecule has 5 heteroatoms. The Morgan fingerprint density at radius 3 is 1.35 bits per heavy atom. The number of phenols is 2. The van der Waals surface area contributed by atoms with Crippen LogP contribution in [0, 0.1) is 0 Å². The van der Waals surface area contributed by atoms with E-state index in [0.717, 1.165) is 16.7 Å². The summed E-state index contributed by atoms with van der Waals surface area (Å²) in [4.78, 5) is 0. The zero-order valence-electron chi connectivity index (χ0n) is 13.1. The predicted octanol–water partition coefficient (Wildman–Crippen LogP) is 1.73. The van der Waals surface area contributed by atoms with Gasteiger partial charge >= 0.3 is 0 Å². The molecule has 2 aromatic carbocycles. The van der Waals surface area contributed by atoms with E-state index in [1.165, 1.54) is 0 Å². The molecule has 2 aromatic rings. The Bertz CT molecular complexity index is 584. The van der Waals surface area contributed by atoms with Gasteiger partial charge in [-0.2, -0.15) is 0 Å². The van der Waals surface area contributed by atoms with Crippen LogP contribution in [0.15, 0.2) is 24.3 Å². The maximum Gasteiger partial charge on any atom is 0.126 e. The van der Waals surface area contributed by atoms with E-state index < -0.39 is 0 Å². The molecule has 23 heavy (non-hydrogen) atoms. The molecular weight excluding hydrogens is 296 g/mol. The monoisotopic (exact) mass is 318 g/mol. The van der Waals surface area contributed by atoms with E-state index in [4.69, 9.17) is 0 Å². The Morgan fingerprint density at radius 1 is 0.652 bits per heavy atom. The van der Waals surface area contributed by atoms with Gasteiger partial charge in [-0.15, -0.1) is 0 Å². The molecule has 0 radical (unpaired) electrons. The number of aliphatic hydroxyl groups is 3. The van der Waals surface area contributed by atoms with Crippen molar-refractivity contribution in [3.63, 3.8) is 0 Å². The minimum Gasteiger partial charge on any atom is -0.507 e. The summed E-state index contributed by atoms with van der Waals surface area (Å²) in [5.41, 5.74) is 3.69. The van der Waals surface area contributed by atoms with E-state index in [1.807, 2.05) is 13.0 Å². The third-order valence-corrected chi connectivity index (χ3v) is 3.96. The minimum atomic E-state index is -0.315. The highest BCUT2D eigenvalue weighted by Gasteiger charge is 2.12. The summed E-state index contributed by atoms with van der Waals surface area (Å²) in [5, 5.41) is 47.9. The van der Waals surface area contributed by atoms with Crippen LogP contribution in [0.2, 0.25) is 0 Å². The first-order chi connectivity index (χ1) is 11.0. The van der Waals surface area contributed by atoms with Crippen LogP contribution in [-0.2, 0) is 32.7 Å². The minimum absolute atomic E-state index is 0.0882. The third kappa shape index (κ3) is 3.64. The van der Waals surface area contributed by atoms with Crippen LogP contribution in [0.3, 0.4) is 0 Å². The molecule has 0 fully saturated rings. The van der Waals surface area contributed by atoms with Crippen LogP contribution < -0.4 is 0 Å². The summed E-state index contributed by atoms with van der Waals surface area (Å²) in [5.74, 6) is 0.0336. The quantitative estimate of drug-likeness (QED) is 0.558. The summed E-state index contributed by atoms with van der Waals surface area (Å²) >= 11 is 0. The average molecular weight is 318 g/mol. The second kappa shape index (κ2) is 7.46. The zero-order chi connectivity index (χ0) is 17.0. The molecule has 0 aliphatic rings. The molecule has 0 aliphatic carbocycles. The third-order valence-electron chi connectivity index (χ3n) is 3.96. The molecule has 124 valence electrons. The molecule has 2 rings (SSSR count). The molecule has 5 N–H and O–H groups in total. The largest absolute Gasteiger partial charge is 0.507 e. The van der Waals surface area contributed by atoms with Crippen molar-refractivity contribution in [1.82, 2.24) is 0 Å². The topological polar surface area (TPSA) is 101 Å². The number of aromatic hydroxyl groups is 2. The van der Waals surface area contributed by atoms with Gasteiger partial charge in [0.25, 0.3) is 0 Å². The van der Waals surface area contributed by atoms with E-state index in [9.17, 15) is 25.5 Å². The molecule has 0 saturated carbocycles. The Labute approximate surface area is 135 Å². The molecular formula is C18H22O5. The fraction of sp³-hybridized carbons (Fsp3) is 0.333. The van der Waals surface area contributed by atoms with E-state index in [0.29, 0.717) is 29.5 Å². The molecule has 0 spiro atoms. The van der Waals surface area contributed by atoms with Crippen molar-refractivity contribution < 1.29 is 25.5 Å². The van der Waals surface area contributed by atoms with Gasteiger partial charge in [0, 0.05) is 16.7 Å². The lowest BCUT2D eigenvalue weighted by Gasteiger charge is -2.13. The van der Waals surface area contributed by atoms with Crippen LogP contribution >= 0.6 is 0 Å². The Hall–Kier alpha value is -2.08. The van der Waals surface area contributed by atoms with E-state index in [1.54, 1.807) is 18.2 Å². The Balaban J connectivity index is 2.43. The number of hydrogen-bond donors (Lipinski definition) is 5. The molecule has 0 bridgehead atoms. The molecule has 0 amide bonds. The van der Waals surface area contributed by atoms with Crippen molar-refractivity contribution in [3.05, 3.63) is 57.6 Å². The molecule has 0 heterocycles. The van der Waals surface area contributed by atoms with Gasteiger partial charge in [-0.1, -0.05) is 13.0 Å². The van der Waals surface area contributed by atoms with Crippen LogP contribution in [-0.4, -0.2) is 25.5 Å². The lowest BCUT2D eigenvalue weighted by atomic mass is 9.95. The molecule has 0 aliphatic heterocycles. The van der Waals surface area contributed by atoms with Crippen molar-refractivity contribution in [1.29, 1.82) is 0 Å². The summed E-state index contributed by atoms with van der Waals surface area (Å²) in [7, 11) is 0. The highest BCUT2D eigenvalue weighted by atomic mass is 16.3. The SMILES string of the molecule is CCc1cc(Cc2cc(CO)c(O)c(CO)c2)cc(CO)c1O. The molecule has 0 aromatic heterocycles. The second-order valence-electron chi connectivity index (χ2n) is 5.53. The predicted molar refractivity (Wildman–Crippen MR) is 86.2 cm³/mol. The van der Waals surface area contributed by atoms with Crippen molar-refractivity contribution in [2.75, 3.05) is 0 Å². The fourth-order valence-corrected chi connectivity index (χ4v) is 2.74. The molecule has 0 saturated heterocycles. The summed E-state index contributed by atoms with van der Waals surface area (Å²) in [6.07, 6.45) is 1.15. The molecule has 0 atom stereocenters. The first kappa shape index (κ1) is 17.3. The van der Waals surface area contributed by atoms with Crippen LogP contribution in [0.25, 0.3) is 0 Å². The first-order valence-electron chi connectivity index (χ1n) is 7.53. The number of benzene rings is 2. The van der Waals surface area contributed by atoms with Crippen molar-refractivity contribution in [2.24, 2.45) is 0 Å².